The minimum Gasteiger partial charge on any atom is -0.445 e. The largest absolute Gasteiger partial charge is 1.00 e. The van der Waals surface area contributed by atoms with Gasteiger partial charge in [0.15, 0.2) is 0 Å². The predicted octanol–water partition coefficient (Wildman–Crippen LogP) is -0.771. The first-order chi connectivity index (χ1) is 8.32. The van der Waals surface area contributed by atoms with Crippen molar-refractivity contribution in [3.8, 4) is 0 Å². The van der Waals surface area contributed by atoms with Crippen LogP contribution in [0.4, 0.5) is 12.9 Å². The average molecular weight is 293 g/mol. The molecule has 1 aromatic carbocycles. The van der Waals surface area contributed by atoms with Gasteiger partial charge in [-0.2, -0.15) is 0 Å². The SMILES string of the molecule is C=C(CN1C(=O)c2ccccc2C1=O)[B-](F)(F)F.[K+]. The molecule has 94 valence electrons. The number of hydrogen-bond donors (Lipinski definition) is 0. The Labute approximate surface area is 150 Å². The number of amides is 2. The van der Waals surface area contributed by atoms with Gasteiger partial charge in [0.1, 0.15) is 0 Å². The Morgan fingerprint density at radius 3 is 1.89 bits per heavy atom. The predicted molar refractivity (Wildman–Crippen MR) is 60.0 cm³/mol. The fourth-order valence-electron chi connectivity index (χ4n) is 1.69. The molecule has 2 amide bonds. The van der Waals surface area contributed by atoms with E-state index in [0.29, 0.717) is 4.90 Å². The van der Waals surface area contributed by atoms with Gasteiger partial charge in [-0.1, -0.05) is 12.1 Å². The van der Waals surface area contributed by atoms with E-state index < -0.39 is 30.8 Å². The molecule has 0 bridgehead atoms. The quantitative estimate of drug-likeness (QED) is 0.542. The van der Waals surface area contributed by atoms with Crippen LogP contribution in [0.15, 0.2) is 36.3 Å². The molecule has 19 heavy (non-hydrogen) atoms. The molecule has 2 rings (SSSR count). The third-order valence-electron chi connectivity index (χ3n) is 2.70. The van der Waals surface area contributed by atoms with E-state index in [1.807, 2.05) is 0 Å². The number of carbonyl (C=O) groups excluding carboxylic acids is 2. The van der Waals surface area contributed by atoms with Crippen LogP contribution in [0.2, 0.25) is 0 Å². The topological polar surface area (TPSA) is 37.4 Å². The second-order valence-electron chi connectivity index (χ2n) is 3.98. The van der Waals surface area contributed by atoms with Gasteiger partial charge < -0.3 is 12.9 Å². The van der Waals surface area contributed by atoms with Gasteiger partial charge in [-0.3, -0.25) is 14.5 Å². The number of hydrogen-bond acceptors (Lipinski definition) is 2. The minimum absolute atomic E-state index is 0. The summed E-state index contributed by atoms with van der Waals surface area (Å²) in [7, 11) is 0. The Morgan fingerprint density at radius 1 is 1.11 bits per heavy atom. The molecule has 8 heteroatoms. The Hall–Kier alpha value is -0.409. The van der Waals surface area contributed by atoms with Crippen LogP contribution < -0.4 is 51.4 Å². The fraction of sp³-hybridized carbons (Fsp3) is 0.0909. The van der Waals surface area contributed by atoms with Crippen LogP contribution in [-0.2, 0) is 0 Å². The summed E-state index contributed by atoms with van der Waals surface area (Å²) in [5.41, 5.74) is -0.806. The number of imide groups is 1. The molecule has 1 aromatic rings. The first-order valence-electron chi connectivity index (χ1n) is 5.15. The van der Waals surface area contributed by atoms with Crippen LogP contribution >= 0.6 is 0 Å². The first-order valence-corrected chi connectivity index (χ1v) is 5.15. The standard InChI is InChI=1S/C11H8BF3NO2.K/c1-7(12(13,14)15)6-16-10(17)8-4-2-3-5-9(8)11(16)18;/h2-5H,1,6H2;/q-1;+1. The van der Waals surface area contributed by atoms with Crippen LogP contribution in [0.25, 0.3) is 0 Å². The van der Waals surface area contributed by atoms with Crippen LogP contribution in [0.1, 0.15) is 20.7 Å². The van der Waals surface area contributed by atoms with E-state index in [9.17, 15) is 22.5 Å². The van der Waals surface area contributed by atoms with Crippen molar-refractivity contribution in [3.63, 3.8) is 0 Å². The van der Waals surface area contributed by atoms with Gasteiger partial charge in [0.25, 0.3) is 11.8 Å². The smallest absolute Gasteiger partial charge is 0.445 e. The number of carbonyl (C=O) groups is 2. The second-order valence-corrected chi connectivity index (χ2v) is 3.98. The number of nitrogens with zero attached hydrogens (tertiary/aromatic N) is 1. The normalized spacial score (nSPS) is 14.2. The zero-order valence-electron chi connectivity index (χ0n) is 10.2. The van der Waals surface area contributed by atoms with Gasteiger partial charge in [-0.05, 0) is 12.1 Å². The summed E-state index contributed by atoms with van der Waals surface area (Å²) in [6.07, 6.45) is 0. The van der Waals surface area contributed by atoms with Gasteiger partial charge in [0.05, 0.1) is 11.1 Å². The molecule has 0 saturated heterocycles. The summed E-state index contributed by atoms with van der Waals surface area (Å²) in [6.45, 7) is -3.18. The Kier molecular flexibility index (Phi) is 5.19. The fourth-order valence-corrected chi connectivity index (χ4v) is 1.69. The Bertz CT molecular complexity index is 524. The molecule has 0 aromatic heterocycles. The second kappa shape index (κ2) is 5.92. The van der Waals surface area contributed by atoms with Gasteiger partial charge >= 0.3 is 58.4 Å². The summed E-state index contributed by atoms with van der Waals surface area (Å²) in [6, 6.07) is 5.93. The van der Waals surface area contributed by atoms with Crippen LogP contribution in [0, 0.1) is 0 Å². The van der Waals surface area contributed by atoms with Crippen molar-refractivity contribution in [3.05, 3.63) is 47.4 Å². The number of rotatable bonds is 3. The van der Waals surface area contributed by atoms with E-state index in [-0.39, 0.29) is 62.5 Å². The van der Waals surface area contributed by atoms with Gasteiger partial charge in [-0.15, -0.1) is 12.1 Å². The van der Waals surface area contributed by atoms with Crippen molar-refractivity contribution >= 4 is 18.8 Å². The van der Waals surface area contributed by atoms with Gasteiger partial charge in [0.2, 0.25) is 0 Å². The van der Waals surface area contributed by atoms with Crippen molar-refractivity contribution in [2.75, 3.05) is 6.54 Å². The van der Waals surface area contributed by atoms with Crippen molar-refractivity contribution < 1.29 is 73.9 Å². The van der Waals surface area contributed by atoms with E-state index in [0.717, 1.165) is 0 Å². The molecule has 0 radical (unpaired) electrons. The third-order valence-corrected chi connectivity index (χ3v) is 2.70. The van der Waals surface area contributed by atoms with Gasteiger partial charge in [-0.25, -0.2) is 0 Å². The zero-order chi connectivity index (χ0) is 13.5. The van der Waals surface area contributed by atoms with Crippen molar-refractivity contribution in [2.45, 2.75) is 0 Å². The monoisotopic (exact) mass is 293 g/mol. The molecule has 1 heterocycles. The first kappa shape index (κ1) is 16.6. The summed E-state index contributed by atoms with van der Waals surface area (Å²) >= 11 is 0. The maximum Gasteiger partial charge on any atom is 1.00 e. The maximum absolute atomic E-state index is 12.4. The summed E-state index contributed by atoms with van der Waals surface area (Å²) in [5, 5.41) is 0. The molecule has 0 fully saturated rings. The third kappa shape index (κ3) is 3.19. The van der Waals surface area contributed by atoms with Crippen LogP contribution in [0.3, 0.4) is 0 Å². The Balaban J connectivity index is 0.00000180. The summed E-state index contributed by atoms with van der Waals surface area (Å²) in [5.74, 6) is -1.42. The molecule has 0 spiro atoms. The molecule has 0 N–H and O–H groups in total. The molecular formula is C11H8BF3KNO2. The molecule has 0 saturated carbocycles. The molecule has 3 nitrogen and oxygen atoms in total. The summed E-state index contributed by atoms with van der Waals surface area (Å²) in [4.78, 5) is 24.1. The van der Waals surface area contributed by atoms with Crippen LogP contribution in [-0.4, -0.2) is 30.2 Å². The minimum atomic E-state index is -5.25. The van der Waals surface area contributed by atoms with Crippen molar-refractivity contribution in [1.82, 2.24) is 4.90 Å². The van der Waals surface area contributed by atoms with Crippen molar-refractivity contribution in [2.24, 2.45) is 0 Å². The van der Waals surface area contributed by atoms with Gasteiger partial charge in [0, 0.05) is 6.54 Å². The maximum atomic E-state index is 12.4. The number of benzene rings is 1. The molecule has 1 aliphatic heterocycles. The van der Waals surface area contributed by atoms with Crippen molar-refractivity contribution in [1.29, 1.82) is 0 Å². The molecule has 1 aliphatic rings. The van der Waals surface area contributed by atoms with E-state index in [1.54, 1.807) is 12.1 Å². The number of halogens is 3. The molecular weight excluding hydrogens is 285 g/mol. The van der Waals surface area contributed by atoms with Crippen LogP contribution in [0.5, 0.6) is 0 Å². The molecule has 0 unspecified atom stereocenters. The van der Waals surface area contributed by atoms with E-state index in [1.165, 1.54) is 12.1 Å². The average Bonchev–Trinajstić information content (AvgIpc) is 2.54. The Morgan fingerprint density at radius 2 is 1.53 bits per heavy atom. The summed E-state index contributed by atoms with van der Waals surface area (Å²) < 4.78 is 37.2. The van der Waals surface area contributed by atoms with E-state index >= 15 is 0 Å². The molecule has 0 aliphatic carbocycles. The van der Waals surface area contributed by atoms with E-state index in [2.05, 4.69) is 6.58 Å². The molecule has 0 atom stereocenters. The zero-order valence-corrected chi connectivity index (χ0v) is 13.3. The van der Waals surface area contributed by atoms with E-state index in [4.69, 9.17) is 0 Å². The number of fused-ring (bicyclic) bond motifs is 1.